The average Bonchev–Trinajstić information content (AvgIpc) is 2.33. The number of rotatable bonds is 5. The second kappa shape index (κ2) is 6.61. The topological polar surface area (TPSA) is 81.8 Å². The summed E-state index contributed by atoms with van der Waals surface area (Å²) in [7, 11) is 1.46. The molecule has 0 radical (unpaired) electrons. The molecule has 1 unspecified atom stereocenters. The van der Waals surface area contributed by atoms with Crippen LogP contribution in [0.5, 0.6) is 11.5 Å². The van der Waals surface area contributed by atoms with Crippen molar-refractivity contribution in [2.75, 3.05) is 13.7 Å². The molecule has 1 aromatic rings. The van der Waals surface area contributed by atoms with Gasteiger partial charge in [0.1, 0.15) is 6.04 Å². The van der Waals surface area contributed by atoms with Gasteiger partial charge in [-0.05, 0) is 31.0 Å². The van der Waals surface area contributed by atoms with Gasteiger partial charge in [-0.2, -0.15) is 0 Å². The van der Waals surface area contributed by atoms with Crippen molar-refractivity contribution in [3.05, 3.63) is 22.2 Å². The van der Waals surface area contributed by atoms with Crippen molar-refractivity contribution in [2.45, 2.75) is 19.4 Å². The fraction of sp³-hybridized carbons (Fsp3) is 0.417. The Morgan fingerprint density at radius 3 is 2.78 bits per heavy atom. The molecule has 0 amide bonds. The highest BCUT2D eigenvalue weighted by atomic mass is 79.9. The van der Waals surface area contributed by atoms with Crippen LogP contribution >= 0.6 is 15.9 Å². The predicted molar refractivity (Wildman–Crippen MR) is 70.7 cm³/mol. The molecule has 0 aliphatic heterocycles. The summed E-state index contributed by atoms with van der Waals surface area (Å²) in [5.41, 5.74) is 6.43. The van der Waals surface area contributed by atoms with Crippen molar-refractivity contribution in [1.82, 2.24) is 0 Å². The van der Waals surface area contributed by atoms with E-state index in [1.807, 2.05) is 0 Å². The van der Waals surface area contributed by atoms with Gasteiger partial charge in [-0.15, -0.1) is 0 Å². The number of benzene rings is 1. The summed E-state index contributed by atoms with van der Waals surface area (Å²) >= 11 is 3.34. The van der Waals surface area contributed by atoms with E-state index in [1.165, 1.54) is 13.2 Å². The van der Waals surface area contributed by atoms with E-state index in [0.29, 0.717) is 17.9 Å². The highest BCUT2D eigenvalue weighted by molar-refractivity contribution is 9.10. The Bertz CT molecular complexity index is 436. The minimum atomic E-state index is -0.756. The van der Waals surface area contributed by atoms with E-state index in [-0.39, 0.29) is 12.2 Å². The van der Waals surface area contributed by atoms with Crippen LogP contribution in [0, 0.1) is 0 Å². The summed E-state index contributed by atoms with van der Waals surface area (Å²) in [4.78, 5) is 11.4. The molecule has 100 valence electrons. The molecule has 0 bridgehead atoms. The lowest BCUT2D eigenvalue weighted by atomic mass is 10.1. The van der Waals surface area contributed by atoms with Crippen molar-refractivity contribution in [1.29, 1.82) is 0 Å². The number of carbonyl (C=O) groups excluding carboxylic acids is 1. The number of aromatic hydroxyl groups is 1. The summed E-state index contributed by atoms with van der Waals surface area (Å²) in [5, 5.41) is 9.67. The molecule has 0 aliphatic carbocycles. The molecule has 0 aliphatic rings. The van der Waals surface area contributed by atoms with E-state index >= 15 is 0 Å². The average molecular weight is 318 g/mol. The van der Waals surface area contributed by atoms with Crippen molar-refractivity contribution >= 4 is 21.9 Å². The molecule has 1 rings (SSSR count). The highest BCUT2D eigenvalue weighted by Crippen LogP contribution is 2.32. The maximum Gasteiger partial charge on any atom is 0.323 e. The molecule has 3 N–H and O–H groups in total. The van der Waals surface area contributed by atoms with E-state index in [9.17, 15) is 9.90 Å². The standard InChI is InChI=1S/C12H16BrNO4/c1-3-18-12(16)9(14)4-7-5-10(15)11(17-2)6-8(7)13/h5-6,9,15H,3-4,14H2,1-2H3. The highest BCUT2D eigenvalue weighted by Gasteiger charge is 2.18. The van der Waals surface area contributed by atoms with Crippen LogP contribution in [0.2, 0.25) is 0 Å². The molecule has 0 fully saturated rings. The molecule has 18 heavy (non-hydrogen) atoms. The van der Waals surface area contributed by atoms with Gasteiger partial charge in [0.15, 0.2) is 11.5 Å². The van der Waals surface area contributed by atoms with Gasteiger partial charge in [-0.3, -0.25) is 4.79 Å². The number of esters is 1. The Hall–Kier alpha value is -1.27. The molecule has 0 heterocycles. The largest absolute Gasteiger partial charge is 0.504 e. The van der Waals surface area contributed by atoms with Crippen LogP contribution in [0.4, 0.5) is 0 Å². The smallest absolute Gasteiger partial charge is 0.323 e. The van der Waals surface area contributed by atoms with Crippen LogP contribution in [0.1, 0.15) is 12.5 Å². The fourth-order valence-electron chi connectivity index (χ4n) is 1.48. The third-order valence-corrected chi connectivity index (χ3v) is 3.12. The van der Waals surface area contributed by atoms with Gasteiger partial charge in [0.25, 0.3) is 0 Å². The number of hydrogen-bond donors (Lipinski definition) is 2. The summed E-state index contributed by atoms with van der Waals surface area (Å²) in [6.07, 6.45) is 0.275. The Morgan fingerprint density at radius 1 is 1.56 bits per heavy atom. The van der Waals surface area contributed by atoms with Crippen LogP contribution in [0.25, 0.3) is 0 Å². The lowest BCUT2D eigenvalue weighted by Crippen LogP contribution is -2.34. The SMILES string of the molecule is CCOC(=O)C(N)Cc1cc(O)c(OC)cc1Br. The first-order valence-corrected chi connectivity index (χ1v) is 6.26. The fourth-order valence-corrected chi connectivity index (χ4v) is 1.96. The number of hydrogen-bond acceptors (Lipinski definition) is 5. The first kappa shape index (κ1) is 14.8. The summed E-state index contributed by atoms with van der Waals surface area (Å²) in [5.74, 6) is -0.0956. The zero-order valence-corrected chi connectivity index (χ0v) is 11.9. The van der Waals surface area contributed by atoms with E-state index < -0.39 is 12.0 Å². The third kappa shape index (κ3) is 3.61. The van der Waals surface area contributed by atoms with Gasteiger partial charge in [-0.25, -0.2) is 0 Å². The molecule has 1 atom stereocenters. The second-order valence-corrected chi connectivity index (χ2v) is 4.53. The minimum absolute atomic E-state index is 0.00626. The molecular formula is C12H16BrNO4. The van der Waals surface area contributed by atoms with Crippen LogP contribution in [0.3, 0.4) is 0 Å². The Kier molecular flexibility index (Phi) is 5.43. The molecule has 6 heteroatoms. The lowest BCUT2D eigenvalue weighted by molar-refractivity contribution is -0.144. The van der Waals surface area contributed by atoms with Gasteiger partial charge in [0, 0.05) is 4.47 Å². The van der Waals surface area contributed by atoms with E-state index in [2.05, 4.69) is 15.9 Å². The van der Waals surface area contributed by atoms with Gasteiger partial charge >= 0.3 is 5.97 Å². The number of nitrogens with two attached hydrogens (primary N) is 1. The third-order valence-electron chi connectivity index (χ3n) is 2.38. The molecule has 0 saturated heterocycles. The predicted octanol–water partition coefficient (Wildman–Crippen LogP) is 1.60. The first-order valence-electron chi connectivity index (χ1n) is 5.47. The lowest BCUT2D eigenvalue weighted by Gasteiger charge is -2.13. The quantitative estimate of drug-likeness (QED) is 0.806. The number of ether oxygens (including phenoxy) is 2. The van der Waals surface area contributed by atoms with Crippen molar-refractivity contribution in [3.63, 3.8) is 0 Å². The minimum Gasteiger partial charge on any atom is -0.504 e. The van der Waals surface area contributed by atoms with E-state index in [0.717, 1.165) is 4.47 Å². The zero-order chi connectivity index (χ0) is 13.7. The maximum absolute atomic E-state index is 11.4. The first-order chi connectivity index (χ1) is 8.49. The number of methoxy groups -OCH3 is 1. The molecule has 5 nitrogen and oxygen atoms in total. The number of halogens is 1. The van der Waals surface area contributed by atoms with E-state index in [4.69, 9.17) is 15.2 Å². The molecular weight excluding hydrogens is 302 g/mol. The van der Waals surface area contributed by atoms with Crippen LogP contribution < -0.4 is 10.5 Å². The molecule has 0 aromatic heterocycles. The Labute approximate surface area is 114 Å². The molecule has 0 spiro atoms. The monoisotopic (exact) mass is 317 g/mol. The van der Waals surface area contributed by atoms with Gasteiger partial charge < -0.3 is 20.3 Å². The van der Waals surface area contributed by atoms with Crippen molar-refractivity contribution in [3.8, 4) is 11.5 Å². The molecule has 0 saturated carbocycles. The maximum atomic E-state index is 11.4. The van der Waals surface area contributed by atoms with Crippen LogP contribution in [0.15, 0.2) is 16.6 Å². The van der Waals surface area contributed by atoms with Crippen LogP contribution in [-0.4, -0.2) is 30.8 Å². The summed E-state index contributed by atoms with van der Waals surface area (Å²) in [6.45, 7) is 2.02. The van der Waals surface area contributed by atoms with Crippen molar-refractivity contribution < 1.29 is 19.4 Å². The number of phenolic OH excluding ortho intramolecular Hbond substituents is 1. The Balaban J connectivity index is 2.85. The summed E-state index contributed by atoms with van der Waals surface area (Å²) < 4.78 is 10.5. The van der Waals surface area contributed by atoms with Crippen molar-refractivity contribution in [2.24, 2.45) is 5.73 Å². The van der Waals surface area contributed by atoms with Crippen LogP contribution in [-0.2, 0) is 16.0 Å². The van der Waals surface area contributed by atoms with Gasteiger partial charge in [0.2, 0.25) is 0 Å². The van der Waals surface area contributed by atoms with Gasteiger partial charge in [0.05, 0.1) is 13.7 Å². The van der Waals surface area contributed by atoms with Gasteiger partial charge in [-0.1, -0.05) is 15.9 Å². The number of carbonyl (C=O) groups is 1. The second-order valence-electron chi connectivity index (χ2n) is 3.68. The molecule has 1 aromatic carbocycles. The zero-order valence-electron chi connectivity index (χ0n) is 10.3. The van der Waals surface area contributed by atoms with E-state index in [1.54, 1.807) is 13.0 Å². The number of phenols is 1. The normalized spacial score (nSPS) is 12.0. The Morgan fingerprint density at radius 2 is 2.22 bits per heavy atom. The summed E-state index contributed by atoms with van der Waals surface area (Å²) in [6, 6.07) is 2.39.